The molecule has 1 saturated heterocycles. The minimum atomic E-state index is -0.899. The topological polar surface area (TPSA) is 71.5 Å². The van der Waals surface area contributed by atoms with Gasteiger partial charge < -0.3 is 15.2 Å². The van der Waals surface area contributed by atoms with Crippen LogP contribution in [0.4, 0.5) is 0 Å². The Morgan fingerprint density at radius 2 is 2.56 bits per heavy atom. The molecule has 1 aliphatic rings. The van der Waals surface area contributed by atoms with E-state index in [0.717, 1.165) is 11.6 Å². The number of nitrogens with zero attached hydrogens (tertiary/aromatic N) is 1. The van der Waals surface area contributed by atoms with Crippen molar-refractivity contribution < 1.29 is 14.6 Å². The lowest BCUT2D eigenvalue weighted by atomic mass is 10.3. The van der Waals surface area contributed by atoms with Crippen LogP contribution in [0.15, 0.2) is 0 Å². The van der Waals surface area contributed by atoms with Crippen molar-refractivity contribution in [2.24, 2.45) is 0 Å². The zero-order valence-electron chi connectivity index (χ0n) is 9.02. The number of hydrogen-bond donors (Lipinski definition) is 2. The summed E-state index contributed by atoms with van der Waals surface area (Å²) in [7, 11) is 0. The maximum absolute atomic E-state index is 11.0. The lowest BCUT2D eigenvalue weighted by Gasteiger charge is -2.21. The summed E-state index contributed by atoms with van der Waals surface area (Å²) in [5.41, 5.74) is 0.654. The third kappa shape index (κ3) is 2.23. The van der Waals surface area contributed by atoms with Gasteiger partial charge in [0.2, 0.25) is 0 Å². The number of hydrogen-bond acceptors (Lipinski definition) is 5. The van der Waals surface area contributed by atoms with Crippen LogP contribution in [0.2, 0.25) is 0 Å². The van der Waals surface area contributed by atoms with Gasteiger partial charge in [0, 0.05) is 13.1 Å². The largest absolute Gasteiger partial charge is 0.477 e. The number of carboxylic acid groups (broad SMARTS) is 1. The van der Waals surface area contributed by atoms with Crippen LogP contribution in [0, 0.1) is 0 Å². The van der Waals surface area contributed by atoms with Crippen LogP contribution >= 0.6 is 11.3 Å². The molecule has 1 aromatic heterocycles. The molecule has 1 unspecified atom stereocenters. The van der Waals surface area contributed by atoms with E-state index in [9.17, 15) is 4.79 Å². The smallest absolute Gasteiger partial charge is 0.347 e. The molecular formula is C10H14N2O3S. The third-order valence-electron chi connectivity index (χ3n) is 2.45. The van der Waals surface area contributed by atoms with E-state index >= 15 is 0 Å². The number of aromatic nitrogens is 1. The number of nitrogens with one attached hydrogen (secondary N) is 1. The molecule has 1 atom stereocenters. The maximum atomic E-state index is 11.0. The Balaban J connectivity index is 2.24. The van der Waals surface area contributed by atoms with Crippen molar-refractivity contribution in [2.75, 3.05) is 19.7 Å². The van der Waals surface area contributed by atoms with Gasteiger partial charge in [-0.15, -0.1) is 11.3 Å². The second-order valence-electron chi connectivity index (χ2n) is 3.55. The molecule has 0 aliphatic carbocycles. The molecule has 1 fully saturated rings. The molecule has 1 aromatic rings. The molecule has 0 saturated carbocycles. The third-order valence-corrected chi connectivity index (χ3v) is 3.62. The van der Waals surface area contributed by atoms with Crippen LogP contribution in [-0.4, -0.2) is 35.8 Å². The number of ether oxygens (including phenoxy) is 1. The average molecular weight is 242 g/mol. The monoisotopic (exact) mass is 242 g/mol. The number of aryl methyl sites for hydroxylation is 1. The second-order valence-corrected chi connectivity index (χ2v) is 4.58. The van der Waals surface area contributed by atoms with Crippen molar-refractivity contribution in [3.05, 3.63) is 15.6 Å². The fourth-order valence-electron chi connectivity index (χ4n) is 1.64. The molecule has 5 nitrogen and oxygen atoms in total. The van der Waals surface area contributed by atoms with E-state index in [1.165, 1.54) is 11.3 Å². The van der Waals surface area contributed by atoms with Gasteiger partial charge in [-0.3, -0.25) is 0 Å². The SMILES string of the molecule is CCc1nc(C2CNCCO2)sc1C(=O)O. The van der Waals surface area contributed by atoms with Crippen molar-refractivity contribution >= 4 is 17.3 Å². The Morgan fingerprint density at radius 3 is 3.06 bits per heavy atom. The molecule has 0 radical (unpaired) electrons. The van der Waals surface area contributed by atoms with Crippen molar-refractivity contribution in [1.29, 1.82) is 0 Å². The lowest BCUT2D eigenvalue weighted by Crippen LogP contribution is -2.33. The van der Waals surface area contributed by atoms with Crippen molar-refractivity contribution in [2.45, 2.75) is 19.4 Å². The van der Waals surface area contributed by atoms with E-state index in [1.54, 1.807) is 0 Å². The number of carboxylic acids is 1. The minimum absolute atomic E-state index is 0.0999. The first-order valence-electron chi connectivity index (χ1n) is 5.27. The molecule has 0 bridgehead atoms. The highest BCUT2D eigenvalue weighted by molar-refractivity contribution is 7.13. The predicted molar refractivity (Wildman–Crippen MR) is 60.0 cm³/mol. The summed E-state index contributed by atoms with van der Waals surface area (Å²) in [5, 5.41) is 13.0. The van der Waals surface area contributed by atoms with E-state index in [4.69, 9.17) is 9.84 Å². The summed E-state index contributed by atoms with van der Waals surface area (Å²) in [6, 6.07) is 0. The van der Waals surface area contributed by atoms with E-state index < -0.39 is 5.97 Å². The fraction of sp³-hybridized carbons (Fsp3) is 0.600. The van der Waals surface area contributed by atoms with E-state index in [-0.39, 0.29) is 6.10 Å². The van der Waals surface area contributed by atoms with Gasteiger partial charge in [-0.2, -0.15) is 0 Å². The molecule has 16 heavy (non-hydrogen) atoms. The Labute approximate surface area is 97.5 Å². The van der Waals surface area contributed by atoms with Gasteiger partial charge in [0.1, 0.15) is 16.0 Å². The van der Waals surface area contributed by atoms with E-state index in [1.807, 2.05) is 6.92 Å². The van der Waals surface area contributed by atoms with Crippen LogP contribution < -0.4 is 5.32 Å². The highest BCUT2D eigenvalue weighted by atomic mass is 32.1. The molecule has 0 spiro atoms. The summed E-state index contributed by atoms with van der Waals surface area (Å²) in [6.45, 7) is 4.10. The first kappa shape index (κ1) is 11.5. The summed E-state index contributed by atoms with van der Waals surface area (Å²) < 4.78 is 5.55. The summed E-state index contributed by atoms with van der Waals surface area (Å²) >= 11 is 1.22. The molecule has 2 N–H and O–H groups in total. The van der Waals surface area contributed by atoms with Gasteiger partial charge in [-0.1, -0.05) is 6.92 Å². The highest BCUT2D eigenvalue weighted by Crippen LogP contribution is 2.27. The molecule has 1 aliphatic heterocycles. The normalized spacial score (nSPS) is 20.9. The number of morpholine rings is 1. The van der Waals surface area contributed by atoms with Gasteiger partial charge in [-0.25, -0.2) is 9.78 Å². The number of aromatic carboxylic acids is 1. The summed E-state index contributed by atoms with van der Waals surface area (Å²) in [5.74, 6) is -0.899. The number of carbonyl (C=O) groups is 1. The van der Waals surface area contributed by atoms with Crippen LogP contribution in [0.25, 0.3) is 0 Å². The molecule has 2 heterocycles. The van der Waals surface area contributed by atoms with Crippen molar-refractivity contribution in [3.63, 3.8) is 0 Å². The molecule has 6 heteroatoms. The number of thiazole rings is 1. The maximum Gasteiger partial charge on any atom is 0.347 e. The minimum Gasteiger partial charge on any atom is -0.477 e. The molecule has 2 rings (SSSR count). The average Bonchev–Trinajstić information content (AvgIpc) is 2.74. The predicted octanol–water partition coefficient (Wildman–Crippen LogP) is 1.06. The van der Waals surface area contributed by atoms with Crippen molar-refractivity contribution in [3.8, 4) is 0 Å². The first-order valence-corrected chi connectivity index (χ1v) is 6.09. The van der Waals surface area contributed by atoms with Gasteiger partial charge in [0.25, 0.3) is 0 Å². The fourth-order valence-corrected chi connectivity index (χ4v) is 2.68. The highest BCUT2D eigenvalue weighted by Gasteiger charge is 2.23. The Hall–Kier alpha value is -0.980. The van der Waals surface area contributed by atoms with Gasteiger partial charge in [-0.05, 0) is 6.42 Å². The quantitative estimate of drug-likeness (QED) is 0.829. The summed E-state index contributed by atoms with van der Waals surface area (Å²) in [4.78, 5) is 15.7. The van der Waals surface area contributed by atoms with E-state index in [2.05, 4.69) is 10.3 Å². The lowest BCUT2D eigenvalue weighted by molar-refractivity contribution is 0.0275. The molecular weight excluding hydrogens is 228 g/mol. The molecule has 88 valence electrons. The van der Waals surface area contributed by atoms with Crippen LogP contribution in [0.5, 0.6) is 0 Å². The standard InChI is InChI=1S/C10H14N2O3S/c1-2-6-8(10(13)14)16-9(12-6)7-5-11-3-4-15-7/h7,11H,2-5H2,1H3,(H,13,14). The number of rotatable bonds is 3. The second kappa shape index (κ2) is 4.90. The first-order chi connectivity index (χ1) is 7.72. The zero-order chi connectivity index (χ0) is 11.5. The molecule has 0 aromatic carbocycles. The van der Waals surface area contributed by atoms with Crippen LogP contribution in [0.3, 0.4) is 0 Å². The summed E-state index contributed by atoms with van der Waals surface area (Å²) in [6.07, 6.45) is 0.537. The van der Waals surface area contributed by atoms with E-state index in [0.29, 0.717) is 30.1 Å². The zero-order valence-corrected chi connectivity index (χ0v) is 9.84. The molecule has 0 amide bonds. The van der Waals surface area contributed by atoms with Gasteiger partial charge >= 0.3 is 5.97 Å². The van der Waals surface area contributed by atoms with Gasteiger partial charge in [0.15, 0.2) is 0 Å². The van der Waals surface area contributed by atoms with Crippen LogP contribution in [-0.2, 0) is 11.2 Å². The van der Waals surface area contributed by atoms with Gasteiger partial charge in [0.05, 0.1) is 12.3 Å². The Morgan fingerprint density at radius 1 is 1.75 bits per heavy atom. The van der Waals surface area contributed by atoms with Crippen molar-refractivity contribution in [1.82, 2.24) is 10.3 Å². The van der Waals surface area contributed by atoms with Crippen LogP contribution in [0.1, 0.15) is 33.4 Å². The Bertz CT molecular complexity index is 385. The Kier molecular flexibility index (Phi) is 3.52.